The molecule has 0 saturated carbocycles. The van der Waals surface area contributed by atoms with Crippen LogP contribution in [0.15, 0.2) is 6.33 Å². The first-order chi connectivity index (χ1) is 12.0. The maximum Gasteiger partial charge on any atom is 0.318 e. The zero-order chi connectivity index (χ0) is 18.2. The Balaban J connectivity index is 1.76. The van der Waals surface area contributed by atoms with Gasteiger partial charge in [-0.15, -0.1) is 0 Å². The number of nitrogens with zero attached hydrogens (tertiary/aromatic N) is 2. The van der Waals surface area contributed by atoms with Gasteiger partial charge in [-0.05, 0) is 6.92 Å². The Hall–Kier alpha value is -2.23. The van der Waals surface area contributed by atoms with Gasteiger partial charge in [-0.25, -0.2) is 9.78 Å². The fourth-order valence-corrected chi connectivity index (χ4v) is 3.35. The SMILES string of the molecule is CNC(=O)C[C@@H]1C(=O)NCCN1C(=O)NCCSCc1nc[nH]c1C. The summed E-state index contributed by atoms with van der Waals surface area (Å²) in [6, 6.07) is -1.09. The number of H-pyrrole nitrogens is 1. The molecule has 1 saturated heterocycles. The summed E-state index contributed by atoms with van der Waals surface area (Å²) in [5.41, 5.74) is 2.06. The second-order valence-corrected chi connectivity index (χ2v) is 6.74. The van der Waals surface area contributed by atoms with Gasteiger partial charge in [-0.3, -0.25) is 9.59 Å². The minimum atomic E-state index is -0.770. The Morgan fingerprint density at radius 2 is 2.28 bits per heavy atom. The van der Waals surface area contributed by atoms with E-state index < -0.39 is 6.04 Å². The second kappa shape index (κ2) is 9.30. The van der Waals surface area contributed by atoms with E-state index in [1.54, 1.807) is 18.1 Å². The van der Waals surface area contributed by atoms with E-state index in [0.717, 1.165) is 22.9 Å². The zero-order valence-corrected chi connectivity index (χ0v) is 15.2. The Bertz CT molecular complexity index is 620. The van der Waals surface area contributed by atoms with E-state index in [1.807, 2.05) is 6.92 Å². The number of imidazole rings is 1. The number of rotatable bonds is 7. The number of urea groups is 1. The van der Waals surface area contributed by atoms with Gasteiger partial charge in [0.25, 0.3) is 0 Å². The van der Waals surface area contributed by atoms with Crippen LogP contribution in [0.1, 0.15) is 17.8 Å². The lowest BCUT2D eigenvalue weighted by Gasteiger charge is -2.34. The summed E-state index contributed by atoms with van der Waals surface area (Å²) in [6.45, 7) is 3.24. The normalized spacial score (nSPS) is 17.1. The number of carbonyl (C=O) groups is 3. The van der Waals surface area contributed by atoms with Crippen LogP contribution in [0.5, 0.6) is 0 Å². The molecule has 0 aromatic carbocycles. The van der Waals surface area contributed by atoms with Crippen molar-refractivity contribution in [2.24, 2.45) is 0 Å². The van der Waals surface area contributed by atoms with Crippen LogP contribution in [0.4, 0.5) is 4.79 Å². The summed E-state index contributed by atoms with van der Waals surface area (Å²) in [7, 11) is 1.51. The van der Waals surface area contributed by atoms with Gasteiger partial charge in [0.05, 0.1) is 18.4 Å². The molecule has 4 amide bonds. The van der Waals surface area contributed by atoms with Crippen molar-refractivity contribution in [3.8, 4) is 0 Å². The number of piperazine rings is 1. The Labute approximate surface area is 150 Å². The molecule has 10 heteroatoms. The summed E-state index contributed by atoms with van der Waals surface area (Å²) in [4.78, 5) is 44.6. The topological polar surface area (TPSA) is 119 Å². The summed E-state index contributed by atoms with van der Waals surface area (Å²) in [5, 5.41) is 7.99. The maximum atomic E-state index is 12.3. The highest BCUT2D eigenvalue weighted by atomic mass is 32.2. The van der Waals surface area contributed by atoms with Crippen LogP contribution in [-0.2, 0) is 15.3 Å². The molecule has 2 heterocycles. The number of nitrogens with one attached hydrogen (secondary N) is 4. The molecule has 1 aliphatic rings. The van der Waals surface area contributed by atoms with Crippen LogP contribution in [-0.4, -0.2) is 71.2 Å². The van der Waals surface area contributed by atoms with Crippen LogP contribution >= 0.6 is 11.8 Å². The fourth-order valence-electron chi connectivity index (χ4n) is 2.47. The minimum absolute atomic E-state index is 0.0388. The quantitative estimate of drug-likeness (QED) is 0.488. The molecule has 4 N–H and O–H groups in total. The molecule has 0 bridgehead atoms. The van der Waals surface area contributed by atoms with E-state index in [4.69, 9.17) is 0 Å². The number of aryl methyl sites for hydroxylation is 1. The smallest absolute Gasteiger partial charge is 0.318 e. The molecule has 1 atom stereocenters. The molecule has 0 radical (unpaired) electrons. The lowest BCUT2D eigenvalue weighted by molar-refractivity contribution is -0.132. The summed E-state index contributed by atoms with van der Waals surface area (Å²) in [6.07, 6.45) is 1.63. The van der Waals surface area contributed by atoms with Gasteiger partial charge in [0.2, 0.25) is 11.8 Å². The number of hydrogen-bond acceptors (Lipinski definition) is 5. The lowest BCUT2D eigenvalue weighted by atomic mass is 10.1. The van der Waals surface area contributed by atoms with E-state index in [9.17, 15) is 14.4 Å². The highest BCUT2D eigenvalue weighted by molar-refractivity contribution is 7.98. The van der Waals surface area contributed by atoms with Crippen molar-refractivity contribution in [2.45, 2.75) is 25.1 Å². The van der Waals surface area contributed by atoms with Gasteiger partial charge < -0.3 is 25.8 Å². The third-order valence-corrected chi connectivity index (χ3v) is 4.92. The van der Waals surface area contributed by atoms with Crippen molar-refractivity contribution in [1.82, 2.24) is 30.8 Å². The molecular weight excluding hydrogens is 344 g/mol. The monoisotopic (exact) mass is 368 g/mol. The van der Waals surface area contributed by atoms with Gasteiger partial charge >= 0.3 is 6.03 Å². The van der Waals surface area contributed by atoms with Gasteiger partial charge in [0.1, 0.15) is 6.04 Å². The highest BCUT2D eigenvalue weighted by Crippen LogP contribution is 2.12. The summed E-state index contributed by atoms with van der Waals surface area (Å²) < 4.78 is 0. The first-order valence-electron chi connectivity index (χ1n) is 8.12. The van der Waals surface area contributed by atoms with Crippen molar-refractivity contribution in [1.29, 1.82) is 0 Å². The molecular formula is C15H24N6O3S. The van der Waals surface area contributed by atoms with Crippen LogP contribution in [0.3, 0.4) is 0 Å². The molecule has 9 nitrogen and oxygen atoms in total. The molecule has 1 fully saturated rings. The van der Waals surface area contributed by atoms with Crippen LogP contribution in [0.25, 0.3) is 0 Å². The number of aromatic nitrogens is 2. The van der Waals surface area contributed by atoms with Gasteiger partial charge in [0.15, 0.2) is 0 Å². The third-order valence-electron chi connectivity index (χ3n) is 3.94. The molecule has 1 aliphatic heterocycles. The largest absolute Gasteiger partial charge is 0.359 e. The Morgan fingerprint density at radius 3 is 2.96 bits per heavy atom. The van der Waals surface area contributed by atoms with Gasteiger partial charge in [0, 0.05) is 43.9 Å². The molecule has 1 aromatic rings. The number of carbonyl (C=O) groups excluding carboxylic acids is 3. The predicted octanol–water partition coefficient (Wildman–Crippen LogP) is -0.403. The maximum absolute atomic E-state index is 12.3. The van der Waals surface area contributed by atoms with E-state index in [-0.39, 0.29) is 24.3 Å². The van der Waals surface area contributed by atoms with E-state index in [0.29, 0.717) is 19.6 Å². The molecule has 0 spiro atoms. The third kappa shape index (κ3) is 5.38. The predicted molar refractivity (Wildman–Crippen MR) is 95.1 cm³/mol. The van der Waals surface area contributed by atoms with Gasteiger partial charge in [-0.1, -0.05) is 0 Å². The highest BCUT2D eigenvalue weighted by Gasteiger charge is 2.34. The van der Waals surface area contributed by atoms with Crippen LogP contribution < -0.4 is 16.0 Å². The number of aromatic amines is 1. The Kier molecular flexibility index (Phi) is 7.11. The van der Waals surface area contributed by atoms with Crippen LogP contribution in [0.2, 0.25) is 0 Å². The fraction of sp³-hybridized carbons (Fsp3) is 0.600. The van der Waals surface area contributed by atoms with Crippen molar-refractivity contribution in [3.63, 3.8) is 0 Å². The summed E-state index contributed by atoms with van der Waals surface area (Å²) >= 11 is 1.67. The van der Waals surface area contributed by atoms with Crippen LogP contribution in [0, 0.1) is 6.92 Å². The molecule has 0 aliphatic carbocycles. The average molecular weight is 368 g/mol. The van der Waals surface area contributed by atoms with Crippen molar-refractivity contribution in [3.05, 3.63) is 17.7 Å². The average Bonchev–Trinajstić information content (AvgIpc) is 3.01. The number of amides is 4. The van der Waals surface area contributed by atoms with Gasteiger partial charge in [-0.2, -0.15) is 11.8 Å². The number of thioether (sulfide) groups is 1. The minimum Gasteiger partial charge on any atom is -0.359 e. The zero-order valence-electron chi connectivity index (χ0n) is 14.4. The lowest BCUT2D eigenvalue weighted by Crippen LogP contribution is -2.60. The molecule has 2 rings (SSSR count). The van der Waals surface area contributed by atoms with Crippen molar-refractivity contribution >= 4 is 29.6 Å². The van der Waals surface area contributed by atoms with Crippen molar-refractivity contribution in [2.75, 3.05) is 32.4 Å². The molecule has 138 valence electrons. The molecule has 0 unspecified atom stereocenters. The molecule has 1 aromatic heterocycles. The second-order valence-electron chi connectivity index (χ2n) is 5.64. The first kappa shape index (κ1) is 19.1. The van der Waals surface area contributed by atoms with E-state index in [1.165, 1.54) is 11.9 Å². The van der Waals surface area contributed by atoms with E-state index in [2.05, 4.69) is 25.9 Å². The first-order valence-corrected chi connectivity index (χ1v) is 9.27. The summed E-state index contributed by atoms with van der Waals surface area (Å²) in [5.74, 6) is 0.938. The van der Waals surface area contributed by atoms with Crippen molar-refractivity contribution < 1.29 is 14.4 Å². The standard InChI is InChI=1S/C15H24N6O3S/c1-10-11(20-9-19-10)8-25-6-4-18-15(24)21-5-3-17-14(23)12(21)7-13(22)16-2/h9,12H,3-8H2,1-2H3,(H,16,22)(H,17,23)(H,18,24)(H,19,20)/t12-/m1/s1. The molecule has 25 heavy (non-hydrogen) atoms. The number of hydrogen-bond donors (Lipinski definition) is 4. The Morgan fingerprint density at radius 1 is 1.48 bits per heavy atom. The van der Waals surface area contributed by atoms with E-state index >= 15 is 0 Å².